The Bertz CT molecular complexity index is 163. The van der Waals surface area contributed by atoms with Gasteiger partial charge in [-0.1, -0.05) is 78.6 Å². The Morgan fingerprint density at radius 3 is 1.39 bits per heavy atom. The highest BCUT2D eigenvalue weighted by Crippen LogP contribution is 2.18. The number of nitrogens with two attached hydrogens (primary N) is 1. The van der Waals surface area contributed by atoms with E-state index in [1.165, 1.54) is 64.2 Å². The third-order valence-corrected chi connectivity index (χ3v) is 4.21. The van der Waals surface area contributed by atoms with Crippen molar-refractivity contribution in [2.24, 2.45) is 17.6 Å². The van der Waals surface area contributed by atoms with Crippen LogP contribution in [-0.2, 0) is 0 Å². The summed E-state index contributed by atoms with van der Waals surface area (Å²) in [6.45, 7) is 9.18. The lowest BCUT2D eigenvalue weighted by Gasteiger charge is -2.14. The second-order valence-electron chi connectivity index (χ2n) is 6.60. The number of unbranched alkanes of at least 4 members (excludes halogenated alkanes) is 7. The zero-order valence-electron chi connectivity index (χ0n) is 13.4. The molecule has 1 heteroatoms. The van der Waals surface area contributed by atoms with Crippen molar-refractivity contribution >= 4 is 0 Å². The van der Waals surface area contributed by atoms with Crippen molar-refractivity contribution in [3.8, 4) is 0 Å². The third-order valence-electron chi connectivity index (χ3n) is 4.21. The molecule has 0 fully saturated rings. The summed E-state index contributed by atoms with van der Waals surface area (Å²) in [5, 5.41) is 0. The zero-order valence-corrected chi connectivity index (χ0v) is 13.4. The Morgan fingerprint density at radius 2 is 1.00 bits per heavy atom. The van der Waals surface area contributed by atoms with Gasteiger partial charge in [-0.15, -0.1) is 0 Å². The van der Waals surface area contributed by atoms with Crippen LogP contribution < -0.4 is 5.73 Å². The molecule has 0 amide bonds. The molecule has 110 valence electrons. The van der Waals surface area contributed by atoms with Crippen LogP contribution in [0, 0.1) is 11.8 Å². The van der Waals surface area contributed by atoms with E-state index < -0.39 is 0 Å². The second-order valence-corrected chi connectivity index (χ2v) is 6.60. The highest BCUT2D eigenvalue weighted by atomic mass is 14.6. The van der Waals surface area contributed by atoms with Gasteiger partial charge in [0.1, 0.15) is 0 Å². The van der Waals surface area contributed by atoms with Gasteiger partial charge in [0.05, 0.1) is 0 Å². The van der Waals surface area contributed by atoms with Gasteiger partial charge in [0.25, 0.3) is 0 Å². The summed E-state index contributed by atoms with van der Waals surface area (Å²) in [6, 6.07) is 0.396. The molecule has 0 saturated carbocycles. The van der Waals surface area contributed by atoms with Gasteiger partial charge in [0.15, 0.2) is 0 Å². The molecule has 0 aliphatic heterocycles. The van der Waals surface area contributed by atoms with Crippen LogP contribution in [0.3, 0.4) is 0 Å². The predicted molar refractivity (Wildman–Crippen MR) is 83.8 cm³/mol. The number of hydrogen-bond donors (Lipinski definition) is 1. The molecule has 0 aliphatic rings. The van der Waals surface area contributed by atoms with Crippen LogP contribution in [0.15, 0.2) is 0 Å². The van der Waals surface area contributed by atoms with E-state index in [2.05, 4.69) is 27.7 Å². The minimum absolute atomic E-state index is 0.396. The molecule has 2 unspecified atom stereocenters. The molecular formula is C17H37N. The van der Waals surface area contributed by atoms with Gasteiger partial charge in [-0.05, 0) is 25.2 Å². The molecule has 0 saturated heterocycles. The molecule has 0 aromatic rings. The second kappa shape index (κ2) is 12.0. The van der Waals surface area contributed by atoms with E-state index in [9.17, 15) is 0 Å². The monoisotopic (exact) mass is 255 g/mol. The highest BCUT2D eigenvalue weighted by Gasteiger charge is 2.05. The average Bonchev–Trinajstić information content (AvgIpc) is 2.30. The zero-order chi connectivity index (χ0) is 13.8. The van der Waals surface area contributed by atoms with Crippen molar-refractivity contribution in [1.29, 1.82) is 0 Å². The van der Waals surface area contributed by atoms with Crippen LogP contribution in [0.2, 0.25) is 0 Å². The first-order valence-corrected chi connectivity index (χ1v) is 8.29. The van der Waals surface area contributed by atoms with Crippen molar-refractivity contribution in [3.05, 3.63) is 0 Å². The quantitative estimate of drug-likeness (QED) is 0.456. The maximum atomic E-state index is 5.73. The summed E-state index contributed by atoms with van der Waals surface area (Å²) in [6.07, 6.45) is 13.9. The Kier molecular flexibility index (Phi) is 12.0. The van der Waals surface area contributed by atoms with Gasteiger partial charge in [-0.3, -0.25) is 0 Å². The van der Waals surface area contributed by atoms with Crippen LogP contribution in [0.25, 0.3) is 0 Å². The standard InChI is InChI=1S/C17H37N/c1-15(2)16(3)13-11-9-7-5-6-8-10-12-14-17(4)18/h15-17H,5-14,18H2,1-4H3. The van der Waals surface area contributed by atoms with Crippen molar-refractivity contribution < 1.29 is 0 Å². The van der Waals surface area contributed by atoms with E-state index in [0.717, 1.165) is 11.8 Å². The molecule has 2 atom stereocenters. The van der Waals surface area contributed by atoms with Crippen molar-refractivity contribution in [2.75, 3.05) is 0 Å². The number of rotatable bonds is 12. The van der Waals surface area contributed by atoms with Gasteiger partial charge < -0.3 is 5.73 Å². The van der Waals surface area contributed by atoms with Crippen LogP contribution in [0.4, 0.5) is 0 Å². The van der Waals surface area contributed by atoms with E-state index in [1.807, 2.05) is 0 Å². The lowest BCUT2D eigenvalue weighted by Crippen LogP contribution is -2.13. The molecule has 0 aromatic heterocycles. The first-order chi connectivity index (χ1) is 8.54. The average molecular weight is 255 g/mol. The third kappa shape index (κ3) is 12.4. The van der Waals surface area contributed by atoms with E-state index in [0.29, 0.717) is 6.04 Å². The minimum atomic E-state index is 0.396. The van der Waals surface area contributed by atoms with Crippen LogP contribution in [0.1, 0.15) is 91.9 Å². The predicted octanol–water partition coefficient (Wildman–Crippen LogP) is 5.53. The molecule has 0 bridgehead atoms. The fraction of sp³-hybridized carbons (Fsp3) is 1.00. The van der Waals surface area contributed by atoms with Crippen molar-refractivity contribution in [3.63, 3.8) is 0 Å². The number of hydrogen-bond acceptors (Lipinski definition) is 1. The van der Waals surface area contributed by atoms with Gasteiger partial charge in [0, 0.05) is 6.04 Å². The molecule has 18 heavy (non-hydrogen) atoms. The molecular weight excluding hydrogens is 218 g/mol. The van der Waals surface area contributed by atoms with E-state index in [-0.39, 0.29) is 0 Å². The topological polar surface area (TPSA) is 26.0 Å². The molecule has 0 spiro atoms. The van der Waals surface area contributed by atoms with Gasteiger partial charge in [-0.2, -0.15) is 0 Å². The Labute approximate surface area is 116 Å². The normalized spacial score (nSPS) is 15.0. The van der Waals surface area contributed by atoms with E-state index >= 15 is 0 Å². The van der Waals surface area contributed by atoms with Gasteiger partial charge in [-0.25, -0.2) is 0 Å². The Hall–Kier alpha value is -0.0400. The molecule has 0 aliphatic carbocycles. The summed E-state index contributed by atoms with van der Waals surface area (Å²) in [5.74, 6) is 1.76. The van der Waals surface area contributed by atoms with Crippen LogP contribution >= 0.6 is 0 Å². The summed E-state index contributed by atoms with van der Waals surface area (Å²) in [4.78, 5) is 0. The molecule has 2 N–H and O–H groups in total. The molecule has 0 radical (unpaired) electrons. The van der Waals surface area contributed by atoms with Crippen LogP contribution in [-0.4, -0.2) is 6.04 Å². The maximum Gasteiger partial charge on any atom is 0.00104 e. The summed E-state index contributed by atoms with van der Waals surface area (Å²) < 4.78 is 0. The lowest BCUT2D eigenvalue weighted by molar-refractivity contribution is 0.374. The minimum Gasteiger partial charge on any atom is -0.328 e. The fourth-order valence-electron chi connectivity index (χ4n) is 2.33. The molecule has 0 aromatic carbocycles. The highest BCUT2D eigenvalue weighted by molar-refractivity contribution is 4.58. The summed E-state index contributed by atoms with van der Waals surface area (Å²) in [5.41, 5.74) is 5.73. The first-order valence-electron chi connectivity index (χ1n) is 8.29. The molecule has 0 heterocycles. The smallest absolute Gasteiger partial charge is 0.00104 e. The van der Waals surface area contributed by atoms with E-state index in [4.69, 9.17) is 5.73 Å². The summed E-state index contributed by atoms with van der Waals surface area (Å²) in [7, 11) is 0. The van der Waals surface area contributed by atoms with Crippen molar-refractivity contribution in [1.82, 2.24) is 0 Å². The van der Waals surface area contributed by atoms with Crippen molar-refractivity contribution in [2.45, 2.75) is 97.9 Å². The molecule has 0 rings (SSSR count). The van der Waals surface area contributed by atoms with E-state index in [1.54, 1.807) is 0 Å². The molecule has 1 nitrogen and oxygen atoms in total. The largest absolute Gasteiger partial charge is 0.328 e. The lowest BCUT2D eigenvalue weighted by atomic mass is 9.92. The Morgan fingerprint density at radius 1 is 0.611 bits per heavy atom. The van der Waals surface area contributed by atoms with Crippen LogP contribution in [0.5, 0.6) is 0 Å². The SMILES string of the molecule is CC(N)CCCCCCCCCCC(C)C(C)C. The fourth-order valence-corrected chi connectivity index (χ4v) is 2.33. The maximum absolute atomic E-state index is 5.73. The Balaban J connectivity index is 3.08. The van der Waals surface area contributed by atoms with Gasteiger partial charge >= 0.3 is 0 Å². The van der Waals surface area contributed by atoms with Gasteiger partial charge in [0.2, 0.25) is 0 Å². The summed E-state index contributed by atoms with van der Waals surface area (Å²) >= 11 is 0. The first kappa shape index (κ1) is 18.0.